The molecule has 0 unspecified atom stereocenters. The Morgan fingerprint density at radius 3 is 2.37 bits per heavy atom. The van der Waals surface area contributed by atoms with E-state index in [1.54, 1.807) is 12.0 Å². The van der Waals surface area contributed by atoms with Crippen LogP contribution in [0.3, 0.4) is 0 Å². The Morgan fingerprint density at radius 2 is 1.71 bits per heavy atom. The van der Waals surface area contributed by atoms with E-state index >= 15 is 0 Å². The van der Waals surface area contributed by atoms with Gasteiger partial charge < -0.3 is 14.1 Å². The Balaban J connectivity index is 1.59. The molecule has 1 aliphatic rings. The van der Waals surface area contributed by atoms with Crippen LogP contribution in [0.5, 0.6) is 5.75 Å². The van der Waals surface area contributed by atoms with Gasteiger partial charge in [0, 0.05) is 6.54 Å². The molecule has 5 rings (SSSR count). The molecule has 0 radical (unpaired) electrons. The van der Waals surface area contributed by atoms with Crippen LogP contribution in [0.25, 0.3) is 11.0 Å². The van der Waals surface area contributed by atoms with E-state index in [0.717, 1.165) is 22.4 Å². The molecule has 1 amide bonds. The summed E-state index contributed by atoms with van der Waals surface area (Å²) in [7, 11) is 1.62. The van der Waals surface area contributed by atoms with Crippen molar-refractivity contribution in [3.63, 3.8) is 0 Å². The molecule has 5 nitrogen and oxygen atoms in total. The number of fused-ring (bicyclic) bond motifs is 2. The second-order valence-corrected chi connectivity index (χ2v) is 9.13. The van der Waals surface area contributed by atoms with E-state index in [2.05, 4.69) is 13.8 Å². The minimum atomic E-state index is -0.610. The number of hydrogen-bond acceptors (Lipinski definition) is 4. The van der Waals surface area contributed by atoms with Crippen molar-refractivity contribution in [2.24, 2.45) is 0 Å². The molecule has 1 atom stereocenters. The van der Waals surface area contributed by atoms with Gasteiger partial charge in [-0.25, -0.2) is 4.39 Å². The summed E-state index contributed by atoms with van der Waals surface area (Å²) < 4.78 is 25.1. The summed E-state index contributed by atoms with van der Waals surface area (Å²) in [6.45, 7) is 4.61. The number of ether oxygens (including phenoxy) is 1. The number of halogens is 1. The van der Waals surface area contributed by atoms with Crippen LogP contribution < -0.4 is 10.2 Å². The molecule has 3 aromatic carbocycles. The number of carbonyl (C=O) groups is 1. The predicted octanol–water partition coefficient (Wildman–Crippen LogP) is 5.85. The second-order valence-electron chi connectivity index (χ2n) is 9.13. The van der Waals surface area contributed by atoms with Crippen molar-refractivity contribution >= 4 is 16.9 Å². The maximum Gasteiger partial charge on any atom is 0.290 e. The first kappa shape index (κ1) is 22.8. The van der Waals surface area contributed by atoms with Crippen molar-refractivity contribution in [2.75, 3.05) is 13.7 Å². The molecule has 0 fully saturated rings. The van der Waals surface area contributed by atoms with Crippen molar-refractivity contribution in [2.45, 2.75) is 32.2 Å². The molecule has 6 heteroatoms. The fraction of sp³-hybridized carbons (Fsp3) is 0.241. The summed E-state index contributed by atoms with van der Waals surface area (Å²) >= 11 is 0. The molecule has 1 aliphatic heterocycles. The summed E-state index contributed by atoms with van der Waals surface area (Å²) in [5.41, 5.74) is 3.11. The fourth-order valence-corrected chi connectivity index (χ4v) is 4.67. The highest BCUT2D eigenvalue weighted by Gasteiger charge is 2.42. The quantitative estimate of drug-likeness (QED) is 0.354. The fourth-order valence-electron chi connectivity index (χ4n) is 4.67. The van der Waals surface area contributed by atoms with Gasteiger partial charge >= 0.3 is 0 Å². The average Bonchev–Trinajstić information content (AvgIpc) is 3.15. The van der Waals surface area contributed by atoms with Crippen LogP contribution in [0, 0.1) is 5.82 Å². The number of methoxy groups -OCH3 is 1. The molecular weight excluding hydrogens is 445 g/mol. The van der Waals surface area contributed by atoms with E-state index in [1.165, 1.54) is 18.2 Å². The van der Waals surface area contributed by atoms with Crippen LogP contribution >= 0.6 is 0 Å². The normalized spacial score (nSPS) is 15.2. The highest BCUT2D eigenvalue weighted by Crippen LogP contribution is 2.38. The molecule has 0 bridgehead atoms. The molecule has 0 aliphatic carbocycles. The minimum absolute atomic E-state index is 0.0294. The van der Waals surface area contributed by atoms with Crippen LogP contribution in [-0.4, -0.2) is 24.5 Å². The molecule has 0 saturated heterocycles. The van der Waals surface area contributed by atoms with Crippen molar-refractivity contribution in [3.05, 3.63) is 111 Å². The van der Waals surface area contributed by atoms with Crippen LogP contribution in [0.15, 0.2) is 75.9 Å². The molecule has 0 saturated carbocycles. The Labute approximate surface area is 202 Å². The van der Waals surface area contributed by atoms with Gasteiger partial charge in [-0.1, -0.05) is 50.2 Å². The van der Waals surface area contributed by atoms with Gasteiger partial charge in [-0.2, -0.15) is 0 Å². The number of amides is 1. The largest absolute Gasteiger partial charge is 0.497 e. The zero-order chi connectivity index (χ0) is 24.7. The topological polar surface area (TPSA) is 59.8 Å². The molecular formula is C29H26FNO4. The molecule has 0 N–H and O–H groups in total. The standard InChI is InChI=1S/C29H26FNO4/c1-17(2)19-6-8-20(9-7-19)26-25-27(32)23-16-21(30)10-13-24(23)35-28(25)29(33)31(26)15-14-18-4-11-22(34-3)12-5-18/h4-13,16-17,26H,14-15H2,1-3H3/t26-/m1/s1. The molecule has 178 valence electrons. The van der Waals surface area contributed by atoms with E-state index in [1.807, 2.05) is 48.5 Å². The van der Waals surface area contributed by atoms with Gasteiger partial charge in [-0.05, 0) is 59.4 Å². The van der Waals surface area contributed by atoms with E-state index in [9.17, 15) is 14.0 Å². The van der Waals surface area contributed by atoms with E-state index in [0.29, 0.717) is 18.9 Å². The summed E-state index contributed by atoms with van der Waals surface area (Å²) in [6, 6.07) is 18.8. The number of carbonyl (C=O) groups excluding carboxylic acids is 1. The van der Waals surface area contributed by atoms with Gasteiger partial charge in [-0.3, -0.25) is 9.59 Å². The Hall–Kier alpha value is -3.93. The maximum absolute atomic E-state index is 14.0. The van der Waals surface area contributed by atoms with Gasteiger partial charge in [-0.15, -0.1) is 0 Å². The third kappa shape index (κ3) is 4.09. The van der Waals surface area contributed by atoms with E-state index in [-0.39, 0.29) is 33.6 Å². The highest BCUT2D eigenvalue weighted by atomic mass is 19.1. The van der Waals surface area contributed by atoms with Crippen molar-refractivity contribution in [1.29, 1.82) is 0 Å². The van der Waals surface area contributed by atoms with Crippen LogP contribution in [0.2, 0.25) is 0 Å². The molecule has 0 spiro atoms. The zero-order valence-electron chi connectivity index (χ0n) is 19.9. The first-order valence-corrected chi connectivity index (χ1v) is 11.7. The van der Waals surface area contributed by atoms with Gasteiger partial charge in [0.25, 0.3) is 5.91 Å². The lowest BCUT2D eigenvalue weighted by Crippen LogP contribution is -2.31. The SMILES string of the molecule is COc1ccc(CCN2C(=O)c3oc4ccc(F)cc4c(=O)c3[C@H]2c2ccc(C(C)C)cc2)cc1. The van der Waals surface area contributed by atoms with Crippen LogP contribution in [-0.2, 0) is 6.42 Å². The van der Waals surface area contributed by atoms with Crippen molar-refractivity contribution < 1.29 is 18.3 Å². The maximum atomic E-state index is 14.0. The second kappa shape index (κ2) is 9.02. The summed E-state index contributed by atoms with van der Waals surface area (Å²) in [6.07, 6.45) is 0.590. The predicted molar refractivity (Wildman–Crippen MR) is 133 cm³/mol. The van der Waals surface area contributed by atoms with Gasteiger partial charge in [0.1, 0.15) is 17.1 Å². The molecule has 1 aromatic heterocycles. The average molecular weight is 472 g/mol. The molecule has 35 heavy (non-hydrogen) atoms. The first-order valence-electron chi connectivity index (χ1n) is 11.7. The summed E-state index contributed by atoms with van der Waals surface area (Å²) in [5.74, 6) is 0.278. The molecule has 4 aromatic rings. The summed E-state index contributed by atoms with van der Waals surface area (Å²) in [5, 5.41) is 0.136. The smallest absolute Gasteiger partial charge is 0.290 e. The third-order valence-corrected chi connectivity index (χ3v) is 6.65. The van der Waals surface area contributed by atoms with E-state index < -0.39 is 11.9 Å². The van der Waals surface area contributed by atoms with Crippen LogP contribution in [0.1, 0.15) is 58.6 Å². The Morgan fingerprint density at radius 1 is 1.00 bits per heavy atom. The lowest BCUT2D eigenvalue weighted by atomic mass is 9.95. The number of nitrogens with zero attached hydrogens (tertiary/aromatic N) is 1. The Bertz CT molecular complexity index is 1460. The number of hydrogen-bond donors (Lipinski definition) is 0. The number of benzene rings is 3. The summed E-state index contributed by atoms with van der Waals surface area (Å²) in [4.78, 5) is 28.8. The van der Waals surface area contributed by atoms with Gasteiger partial charge in [0.2, 0.25) is 5.76 Å². The minimum Gasteiger partial charge on any atom is -0.497 e. The van der Waals surface area contributed by atoms with Gasteiger partial charge in [0.15, 0.2) is 5.43 Å². The third-order valence-electron chi connectivity index (χ3n) is 6.65. The monoisotopic (exact) mass is 471 g/mol. The molecule has 2 heterocycles. The number of rotatable bonds is 6. The van der Waals surface area contributed by atoms with Gasteiger partial charge in [0.05, 0.1) is 24.1 Å². The Kier molecular flexibility index (Phi) is 5.89. The lowest BCUT2D eigenvalue weighted by Gasteiger charge is -2.25. The van der Waals surface area contributed by atoms with E-state index in [4.69, 9.17) is 9.15 Å². The van der Waals surface area contributed by atoms with Crippen LogP contribution in [0.4, 0.5) is 4.39 Å². The lowest BCUT2D eigenvalue weighted by molar-refractivity contribution is 0.0730. The highest BCUT2D eigenvalue weighted by molar-refractivity contribution is 5.99. The zero-order valence-corrected chi connectivity index (χ0v) is 19.9. The van der Waals surface area contributed by atoms with Crippen molar-refractivity contribution in [1.82, 2.24) is 4.90 Å². The van der Waals surface area contributed by atoms with Crippen molar-refractivity contribution in [3.8, 4) is 5.75 Å². The first-order chi connectivity index (χ1) is 16.9.